The van der Waals surface area contributed by atoms with Crippen LogP contribution in [-0.2, 0) is 6.42 Å². The minimum atomic E-state index is -0.867. The summed E-state index contributed by atoms with van der Waals surface area (Å²) < 4.78 is 0.598. The number of nitrogens with zero attached hydrogens (tertiary/aromatic N) is 1. The molecule has 1 aliphatic carbocycles. The predicted octanol–water partition coefficient (Wildman–Crippen LogP) is 3.72. The number of rotatable bonds is 2. The molecule has 1 aliphatic rings. The fraction of sp³-hybridized carbons (Fsp3) is 0.412. The van der Waals surface area contributed by atoms with Crippen LogP contribution in [0.3, 0.4) is 0 Å². The SMILES string of the molecule is Cc1[nH]c2c(c1C(O)c1cccnc1Br)C(=O)CC(C)(C)C2. The van der Waals surface area contributed by atoms with Gasteiger partial charge in [0.2, 0.25) is 0 Å². The summed E-state index contributed by atoms with van der Waals surface area (Å²) >= 11 is 3.37. The quantitative estimate of drug-likeness (QED) is 0.800. The lowest BCUT2D eigenvalue weighted by Gasteiger charge is -2.29. The van der Waals surface area contributed by atoms with Crippen LogP contribution in [-0.4, -0.2) is 20.9 Å². The number of Topliss-reactive ketones (excluding diaryl/α,β-unsaturated/α-hetero) is 1. The van der Waals surface area contributed by atoms with E-state index in [1.54, 1.807) is 12.3 Å². The number of aromatic amines is 1. The van der Waals surface area contributed by atoms with Gasteiger partial charge in [-0.1, -0.05) is 19.9 Å². The maximum absolute atomic E-state index is 12.6. The minimum Gasteiger partial charge on any atom is -0.383 e. The van der Waals surface area contributed by atoms with Gasteiger partial charge in [-0.05, 0) is 40.8 Å². The lowest BCUT2D eigenvalue weighted by atomic mass is 9.75. The lowest BCUT2D eigenvalue weighted by Crippen LogP contribution is -2.27. The molecule has 3 rings (SSSR count). The van der Waals surface area contributed by atoms with E-state index in [1.807, 2.05) is 13.0 Å². The molecule has 2 aromatic rings. The van der Waals surface area contributed by atoms with E-state index in [4.69, 9.17) is 0 Å². The summed E-state index contributed by atoms with van der Waals surface area (Å²) in [7, 11) is 0. The van der Waals surface area contributed by atoms with E-state index in [9.17, 15) is 9.90 Å². The number of aromatic nitrogens is 2. The fourth-order valence-corrected chi connectivity index (χ4v) is 3.79. The zero-order valence-corrected chi connectivity index (χ0v) is 14.5. The highest BCUT2D eigenvalue weighted by molar-refractivity contribution is 9.10. The van der Waals surface area contributed by atoms with Crippen LogP contribution in [0.2, 0.25) is 0 Å². The molecule has 0 amide bonds. The maximum atomic E-state index is 12.6. The first kappa shape index (κ1) is 15.4. The van der Waals surface area contributed by atoms with Gasteiger partial charge in [-0.2, -0.15) is 0 Å². The van der Waals surface area contributed by atoms with Crippen LogP contribution in [0.5, 0.6) is 0 Å². The number of halogens is 1. The van der Waals surface area contributed by atoms with Crippen molar-refractivity contribution < 1.29 is 9.90 Å². The molecule has 116 valence electrons. The second kappa shape index (κ2) is 5.32. The van der Waals surface area contributed by atoms with Crippen molar-refractivity contribution in [1.82, 2.24) is 9.97 Å². The molecule has 22 heavy (non-hydrogen) atoms. The summed E-state index contributed by atoms with van der Waals surface area (Å²) in [6, 6.07) is 3.60. The molecule has 1 unspecified atom stereocenters. The van der Waals surface area contributed by atoms with Gasteiger partial charge in [0.05, 0.1) is 0 Å². The van der Waals surface area contributed by atoms with Crippen LogP contribution in [0.25, 0.3) is 0 Å². The number of fused-ring (bicyclic) bond motifs is 1. The second-order valence-corrected chi connectivity index (χ2v) is 7.50. The Kier molecular flexibility index (Phi) is 3.73. The van der Waals surface area contributed by atoms with E-state index in [2.05, 4.69) is 39.7 Å². The minimum absolute atomic E-state index is 0.0432. The van der Waals surface area contributed by atoms with Crippen molar-refractivity contribution in [2.75, 3.05) is 0 Å². The van der Waals surface area contributed by atoms with Gasteiger partial charge in [0.15, 0.2) is 5.78 Å². The van der Waals surface area contributed by atoms with Crippen LogP contribution < -0.4 is 0 Å². The van der Waals surface area contributed by atoms with Crippen molar-refractivity contribution >= 4 is 21.7 Å². The Morgan fingerprint density at radius 3 is 2.82 bits per heavy atom. The predicted molar refractivity (Wildman–Crippen MR) is 88.0 cm³/mol. The number of ketones is 1. The maximum Gasteiger partial charge on any atom is 0.165 e. The summed E-state index contributed by atoms with van der Waals surface area (Å²) in [6.45, 7) is 6.09. The molecule has 4 nitrogen and oxygen atoms in total. The molecule has 2 aromatic heterocycles. The summed E-state index contributed by atoms with van der Waals surface area (Å²) in [4.78, 5) is 20.1. The number of carbonyl (C=O) groups excluding carboxylic acids is 1. The van der Waals surface area contributed by atoms with Crippen LogP contribution in [0.1, 0.15) is 59.2 Å². The Morgan fingerprint density at radius 2 is 2.14 bits per heavy atom. The number of aryl methyl sites for hydroxylation is 1. The highest BCUT2D eigenvalue weighted by Gasteiger charge is 2.36. The Morgan fingerprint density at radius 1 is 1.41 bits per heavy atom. The Balaban J connectivity index is 2.12. The lowest BCUT2D eigenvalue weighted by molar-refractivity contribution is 0.0906. The number of aliphatic hydroxyl groups is 1. The molecule has 0 fully saturated rings. The molecular weight excluding hydrogens is 344 g/mol. The van der Waals surface area contributed by atoms with Gasteiger partial charge in [-0.15, -0.1) is 0 Å². The van der Waals surface area contributed by atoms with Gasteiger partial charge in [0.25, 0.3) is 0 Å². The molecule has 5 heteroatoms. The van der Waals surface area contributed by atoms with Gasteiger partial charge in [-0.25, -0.2) is 4.98 Å². The fourth-order valence-electron chi connectivity index (χ4n) is 3.32. The highest BCUT2D eigenvalue weighted by Crippen LogP contribution is 2.40. The number of hydrogen-bond acceptors (Lipinski definition) is 3. The van der Waals surface area contributed by atoms with E-state index in [1.165, 1.54) is 0 Å². The second-order valence-electron chi connectivity index (χ2n) is 6.74. The molecule has 0 bridgehead atoms. The van der Waals surface area contributed by atoms with Crippen molar-refractivity contribution in [3.05, 3.63) is 51.0 Å². The van der Waals surface area contributed by atoms with Gasteiger partial charge in [0.1, 0.15) is 10.7 Å². The molecule has 0 spiro atoms. The number of aliphatic hydroxyl groups excluding tert-OH is 1. The third-order valence-corrected chi connectivity index (χ3v) is 4.91. The van der Waals surface area contributed by atoms with E-state index in [0.717, 1.165) is 17.8 Å². The van der Waals surface area contributed by atoms with Crippen molar-refractivity contribution in [3.63, 3.8) is 0 Å². The van der Waals surface area contributed by atoms with Gasteiger partial charge in [-0.3, -0.25) is 4.79 Å². The molecule has 1 atom stereocenters. The molecule has 0 saturated heterocycles. The summed E-state index contributed by atoms with van der Waals surface area (Å²) in [5.41, 5.74) is 3.76. The first-order valence-corrected chi connectivity index (χ1v) is 8.12. The smallest absolute Gasteiger partial charge is 0.165 e. The van der Waals surface area contributed by atoms with E-state index < -0.39 is 6.10 Å². The van der Waals surface area contributed by atoms with Gasteiger partial charge in [0, 0.05) is 40.7 Å². The van der Waals surface area contributed by atoms with Crippen LogP contribution in [0.15, 0.2) is 22.9 Å². The molecule has 0 saturated carbocycles. The van der Waals surface area contributed by atoms with Gasteiger partial charge >= 0.3 is 0 Å². The highest BCUT2D eigenvalue weighted by atomic mass is 79.9. The topological polar surface area (TPSA) is 66.0 Å². The summed E-state index contributed by atoms with van der Waals surface area (Å²) in [5.74, 6) is 0.102. The average Bonchev–Trinajstić information content (AvgIpc) is 2.73. The summed E-state index contributed by atoms with van der Waals surface area (Å²) in [6.07, 6.45) is 2.11. The van der Waals surface area contributed by atoms with E-state index in [-0.39, 0.29) is 11.2 Å². The average molecular weight is 363 g/mol. The normalized spacial score (nSPS) is 18.1. The monoisotopic (exact) mass is 362 g/mol. The van der Waals surface area contributed by atoms with Crippen LogP contribution >= 0.6 is 15.9 Å². The Labute approximate surface area is 138 Å². The standard InChI is InChI=1S/C17H19BrN2O2/c1-9-13(15(22)10-5-4-6-19-16(10)18)14-11(20-9)7-17(2,3)8-12(14)21/h4-6,15,20,22H,7-8H2,1-3H3. The van der Waals surface area contributed by atoms with Crippen LogP contribution in [0.4, 0.5) is 0 Å². The van der Waals surface area contributed by atoms with Crippen molar-refractivity contribution in [1.29, 1.82) is 0 Å². The molecule has 0 aromatic carbocycles. The number of carbonyl (C=O) groups is 1. The van der Waals surface area contributed by atoms with Crippen molar-refractivity contribution in [3.8, 4) is 0 Å². The number of H-pyrrole nitrogens is 1. The Bertz CT molecular complexity index is 749. The van der Waals surface area contributed by atoms with Gasteiger partial charge < -0.3 is 10.1 Å². The van der Waals surface area contributed by atoms with E-state index >= 15 is 0 Å². The molecule has 0 radical (unpaired) electrons. The zero-order valence-electron chi connectivity index (χ0n) is 12.9. The van der Waals surface area contributed by atoms with Crippen molar-refractivity contribution in [2.45, 2.75) is 39.7 Å². The van der Waals surface area contributed by atoms with Crippen LogP contribution in [0, 0.1) is 12.3 Å². The zero-order chi connectivity index (χ0) is 16.1. The number of nitrogens with one attached hydrogen (secondary N) is 1. The number of hydrogen-bond donors (Lipinski definition) is 2. The third-order valence-electron chi connectivity index (χ3n) is 4.24. The largest absolute Gasteiger partial charge is 0.383 e. The van der Waals surface area contributed by atoms with E-state index in [0.29, 0.717) is 27.7 Å². The molecular formula is C17H19BrN2O2. The summed E-state index contributed by atoms with van der Waals surface area (Å²) in [5, 5.41) is 10.8. The first-order chi connectivity index (χ1) is 10.3. The molecule has 2 N–H and O–H groups in total. The third kappa shape index (κ3) is 2.52. The molecule has 2 heterocycles. The Hall–Kier alpha value is -1.46. The first-order valence-electron chi connectivity index (χ1n) is 7.33. The van der Waals surface area contributed by atoms with Crippen molar-refractivity contribution in [2.24, 2.45) is 5.41 Å². The molecule has 0 aliphatic heterocycles. The number of pyridine rings is 1.